The van der Waals surface area contributed by atoms with Crippen LogP contribution in [0.5, 0.6) is 0 Å². The lowest BCUT2D eigenvalue weighted by Gasteiger charge is -2.29. The molecule has 0 aliphatic carbocycles. The number of aliphatic carboxylic acids is 1. The van der Waals surface area contributed by atoms with E-state index < -0.39 is 23.7 Å². The fraction of sp³-hybridized carbons (Fsp3) is 0.933. The Balaban J connectivity index is 0. The van der Waals surface area contributed by atoms with Crippen molar-refractivity contribution < 1.29 is 34.1 Å². The molecule has 0 spiro atoms. The van der Waals surface area contributed by atoms with E-state index in [0.29, 0.717) is 12.8 Å². The van der Waals surface area contributed by atoms with Crippen LogP contribution >= 0.6 is 0 Å². The zero-order chi connectivity index (χ0) is 39.8. The van der Waals surface area contributed by atoms with E-state index in [4.69, 9.17) is 25.1 Å². The Kier molecular flexibility index (Phi) is 40.3. The van der Waals surface area contributed by atoms with Crippen LogP contribution in [-0.4, -0.2) is 52.5 Å². The van der Waals surface area contributed by atoms with Crippen molar-refractivity contribution in [2.45, 2.75) is 264 Å². The lowest BCUT2D eigenvalue weighted by Crippen LogP contribution is -2.47. The predicted octanol–water partition coefficient (Wildman–Crippen LogP) is 12.5. The number of aliphatic hydroxyl groups is 1. The molecule has 0 fully saturated rings. The third-order valence-corrected chi connectivity index (χ3v) is 10.0. The number of hydrogen-bond donors (Lipinski definition) is 3. The van der Waals surface area contributed by atoms with Crippen molar-refractivity contribution in [2.75, 3.05) is 6.61 Å². The highest BCUT2D eigenvalue weighted by Gasteiger charge is 2.28. The first-order valence-electron chi connectivity index (χ1n) is 22.5. The lowest BCUT2D eigenvalue weighted by atomic mass is 9.94. The van der Waals surface area contributed by atoms with Gasteiger partial charge in [0.1, 0.15) is 12.7 Å². The summed E-state index contributed by atoms with van der Waals surface area (Å²) in [7, 11) is 0. The van der Waals surface area contributed by atoms with Crippen LogP contribution in [0.1, 0.15) is 247 Å². The van der Waals surface area contributed by atoms with Crippen LogP contribution in [-0.2, 0) is 23.9 Å². The van der Waals surface area contributed by atoms with E-state index in [1.165, 1.54) is 154 Å². The van der Waals surface area contributed by atoms with Crippen LogP contribution < -0.4 is 5.73 Å². The van der Waals surface area contributed by atoms with Gasteiger partial charge in [-0.05, 0) is 26.7 Å². The Labute approximate surface area is 327 Å². The van der Waals surface area contributed by atoms with E-state index in [9.17, 15) is 14.7 Å². The van der Waals surface area contributed by atoms with Crippen LogP contribution in [0.4, 0.5) is 0 Å². The molecule has 0 aliphatic heterocycles. The third kappa shape index (κ3) is 44.6. The van der Waals surface area contributed by atoms with Gasteiger partial charge < -0.3 is 25.4 Å². The molecule has 0 aromatic rings. The molecule has 0 rings (SSSR count). The largest absolute Gasteiger partial charge is 0.481 e. The molecule has 2 unspecified atom stereocenters. The summed E-state index contributed by atoms with van der Waals surface area (Å²) in [5.41, 5.74) is 5.25. The molecular weight excluding hydrogens is 666 g/mol. The van der Waals surface area contributed by atoms with Gasteiger partial charge >= 0.3 is 11.9 Å². The number of unbranched alkanes of at least 4 members (excludes halogenated alkanes) is 28. The molecule has 0 heterocycles. The minimum absolute atomic E-state index is 0.0324. The number of carbonyl (C=O) groups excluding carboxylic acids is 2. The number of rotatable bonds is 38. The monoisotopic (exact) mass is 756 g/mol. The minimum Gasteiger partial charge on any atom is -0.481 e. The molecule has 0 bridgehead atoms. The predicted molar refractivity (Wildman–Crippen MR) is 222 cm³/mol. The molecule has 8 nitrogen and oxygen atoms in total. The Morgan fingerprint density at radius 3 is 1.08 bits per heavy atom. The number of carboxylic acid groups (broad SMARTS) is 1. The van der Waals surface area contributed by atoms with Crippen LogP contribution in [0.25, 0.3) is 0 Å². The molecule has 53 heavy (non-hydrogen) atoms. The van der Waals surface area contributed by atoms with Gasteiger partial charge in [-0.15, -0.1) is 0 Å². The summed E-state index contributed by atoms with van der Waals surface area (Å²) in [4.78, 5) is 34.0. The zero-order valence-electron chi connectivity index (χ0n) is 35.7. The van der Waals surface area contributed by atoms with Crippen molar-refractivity contribution in [3.8, 4) is 0 Å². The van der Waals surface area contributed by atoms with E-state index in [1.807, 2.05) is 0 Å². The maximum Gasteiger partial charge on any atom is 0.306 e. The molecule has 0 aliphatic rings. The Hall–Kier alpha value is -1.67. The second-order valence-corrected chi connectivity index (χ2v) is 16.3. The SMILES string of the molecule is CC(=O)O.CCCCCCCCCCCCCCCCCC(=O)OCC(CC(O)C(C)(C)N)OC(=O)CCCCCCCCCCCCCCCCC. The average Bonchev–Trinajstić information content (AvgIpc) is 3.09. The highest BCUT2D eigenvalue weighted by atomic mass is 16.6. The Bertz CT molecular complexity index is 809. The fourth-order valence-corrected chi connectivity index (χ4v) is 6.49. The van der Waals surface area contributed by atoms with Gasteiger partial charge in [-0.25, -0.2) is 0 Å². The second kappa shape index (κ2) is 40.0. The Morgan fingerprint density at radius 1 is 0.528 bits per heavy atom. The normalized spacial score (nSPS) is 12.5. The summed E-state index contributed by atoms with van der Waals surface area (Å²) in [5, 5.41) is 18.0. The highest BCUT2D eigenvalue weighted by Crippen LogP contribution is 2.18. The van der Waals surface area contributed by atoms with Gasteiger partial charge in [0.2, 0.25) is 0 Å². The van der Waals surface area contributed by atoms with Crippen LogP contribution in [0.2, 0.25) is 0 Å². The molecule has 0 aromatic carbocycles. The van der Waals surface area contributed by atoms with Crippen molar-refractivity contribution in [3.63, 3.8) is 0 Å². The highest BCUT2D eigenvalue weighted by molar-refractivity contribution is 5.70. The summed E-state index contributed by atoms with van der Waals surface area (Å²) in [5.74, 6) is -1.39. The first kappa shape index (κ1) is 53.4. The fourth-order valence-electron chi connectivity index (χ4n) is 6.49. The van der Waals surface area contributed by atoms with Crippen LogP contribution in [0.3, 0.4) is 0 Å². The smallest absolute Gasteiger partial charge is 0.306 e. The number of carbonyl (C=O) groups is 3. The summed E-state index contributed by atoms with van der Waals surface area (Å²) in [6, 6.07) is 0. The van der Waals surface area contributed by atoms with E-state index in [1.54, 1.807) is 13.8 Å². The van der Waals surface area contributed by atoms with Crippen molar-refractivity contribution >= 4 is 17.9 Å². The average molecular weight is 756 g/mol. The minimum atomic E-state index is -0.870. The number of nitrogens with two attached hydrogens (primary N) is 1. The Morgan fingerprint density at radius 2 is 0.792 bits per heavy atom. The number of hydrogen-bond acceptors (Lipinski definition) is 7. The van der Waals surface area contributed by atoms with Gasteiger partial charge in [-0.1, -0.05) is 194 Å². The van der Waals surface area contributed by atoms with E-state index in [-0.39, 0.29) is 25.0 Å². The van der Waals surface area contributed by atoms with Gasteiger partial charge in [-0.3, -0.25) is 14.4 Å². The van der Waals surface area contributed by atoms with Crippen LogP contribution in [0.15, 0.2) is 0 Å². The molecule has 0 saturated carbocycles. The first-order valence-corrected chi connectivity index (χ1v) is 22.5. The summed E-state index contributed by atoms with van der Waals surface area (Å²) in [6.07, 6.45) is 37.8. The third-order valence-electron chi connectivity index (χ3n) is 10.0. The molecule has 4 N–H and O–H groups in total. The van der Waals surface area contributed by atoms with Gasteiger partial charge in [0, 0.05) is 31.7 Å². The number of ether oxygens (including phenoxy) is 2. The van der Waals surface area contributed by atoms with E-state index >= 15 is 0 Å². The molecule has 0 amide bonds. The second-order valence-electron chi connectivity index (χ2n) is 16.3. The van der Waals surface area contributed by atoms with Gasteiger partial charge in [-0.2, -0.15) is 0 Å². The van der Waals surface area contributed by atoms with Crippen molar-refractivity contribution in [1.82, 2.24) is 0 Å². The molecule has 0 radical (unpaired) electrons. The lowest BCUT2D eigenvalue weighted by molar-refractivity contribution is -0.161. The summed E-state index contributed by atoms with van der Waals surface area (Å²) >= 11 is 0. The number of aliphatic hydroxyl groups excluding tert-OH is 1. The number of esters is 2. The standard InChI is InChI=1S/C43H85NO5.C2H4O2/c1-5-7-9-11-13-15-17-19-21-23-25-27-29-31-33-35-41(46)48-38-39(37-40(45)43(3,4)44)49-42(47)36-34-32-30-28-26-24-22-20-18-16-14-12-10-8-6-2;1-2(3)4/h39-40,45H,5-38,44H2,1-4H3;1H3,(H,3,4). The van der Waals surface area contributed by atoms with Crippen LogP contribution in [0, 0.1) is 0 Å². The van der Waals surface area contributed by atoms with E-state index in [2.05, 4.69) is 13.8 Å². The summed E-state index contributed by atoms with van der Waals surface area (Å²) < 4.78 is 11.2. The quantitative estimate of drug-likeness (QED) is 0.0418. The first-order chi connectivity index (χ1) is 25.4. The summed E-state index contributed by atoms with van der Waals surface area (Å²) in [6.45, 7) is 9.08. The molecule has 0 saturated heterocycles. The van der Waals surface area contributed by atoms with Crippen molar-refractivity contribution in [3.05, 3.63) is 0 Å². The molecule has 316 valence electrons. The van der Waals surface area contributed by atoms with Gasteiger partial charge in [0.05, 0.1) is 6.10 Å². The molecular formula is C45H89NO7. The maximum absolute atomic E-state index is 12.6. The maximum atomic E-state index is 12.6. The number of carboxylic acids is 1. The zero-order valence-corrected chi connectivity index (χ0v) is 35.7. The van der Waals surface area contributed by atoms with E-state index in [0.717, 1.165) is 45.4 Å². The van der Waals surface area contributed by atoms with Crippen molar-refractivity contribution in [1.29, 1.82) is 0 Å². The van der Waals surface area contributed by atoms with Gasteiger partial charge in [0.25, 0.3) is 5.97 Å². The molecule has 2 atom stereocenters. The molecule has 8 heteroatoms. The topological polar surface area (TPSA) is 136 Å². The van der Waals surface area contributed by atoms with Crippen molar-refractivity contribution in [2.24, 2.45) is 5.73 Å². The molecule has 0 aromatic heterocycles. The van der Waals surface area contributed by atoms with Gasteiger partial charge in [0.15, 0.2) is 0 Å².